The van der Waals surface area contributed by atoms with Crippen molar-refractivity contribution in [1.82, 2.24) is 14.9 Å². The second-order valence-corrected chi connectivity index (χ2v) is 12.4. The largest absolute Gasteiger partial charge is 0.492 e. The van der Waals surface area contributed by atoms with Gasteiger partial charge in [0.25, 0.3) is 0 Å². The number of hydrogen-bond donors (Lipinski definition) is 2. The lowest BCUT2D eigenvalue weighted by atomic mass is 9.87. The normalized spacial score (nSPS) is 16.0. The zero-order valence-corrected chi connectivity index (χ0v) is 24.3. The van der Waals surface area contributed by atoms with Gasteiger partial charge in [-0.3, -0.25) is 4.79 Å². The summed E-state index contributed by atoms with van der Waals surface area (Å²) in [6.07, 6.45) is 2.60. The summed E-state index contributed by atoms with van der Waals surface area (Å²) >= 11 is 12.0. The number of carbonyl (C=O) groups is 1. The van der Waals surface area contributed by atoms with E-state index in [0.717, 1.165) is 42.7 Å². The fourth-order valence-electron chi connectivity index (χ4n) is 4.63. The lowest BCUT2D eigenvalue weighted by molar-refractivity contribution is -0.122. The van der Waals surface area contributed by atoms with Crippen LogP contribution in [-0.2, 0) is 21.2 Å². The molecule has 7 nitrogen and oxygen atoms in total. The highest BCUT2D eigenvalue weighted by Gasteiger charge is 2.27. The summed E-state index contributed by atoms with van der Waals surface area (Å²) in [6, 6.07) is 18.2. The minimum atomic E-state index is -3.98. The highest BCUT2D eigenvalue weighted by molar-refractivity contribution is 7.89. The molecule has 2 atom stereocenters. The number of nitrogens with zero attached hydrogens (tertiary/aromatic N) is 1. The van der Waals surface area contributed by atoms with E-state index >= 15 is 0 Å². The van der Waals surface area contributed by atoms with Crippen molar-refractivity contribution >= 4 is 39.1 Å². The standard InChI is InChI=1S/C29H33Cl2N3O4S/c1-34(2)15-16-38-22-11-13-24-21(17-22)9-6-10-27(24)32-29(35)19-28(20-7-4-3-5-8-20)33-39(36,37)23-12-14-25(30)26(31)18-23/h3-5,7-8,11-14,17-18,27-28,33H,6,9-10,15-16,19H2,1-2H3,(H,32,35)/t27?,28-/m1/s1. The number of ether oxygens (including phenoxy) is 1. The molecule has 0 aliphatic heterocycles. The molecule has 39 heavy (non-hydrogen) atoms. The van der Waals surface area contributed by atoms with Crippen molar-refractivity contribution in [3.63, 3.8) is 0 Å². The number of likely N-dealkylation sites (N-methyl/N-ethyl adjacent to an activating group) is 1. The van der Waals surface area contributed by atoms with Crippen molar-refractivity contribution < 1.29 is 17.9 Å². The summed E-state index contributed by atoms with van der Waals surface area (Å²) in [4.78, 5) is 15.3. The Labute approximate surface area is 240 Å². The van der Waals surface area contributed by atoms with Gasteiger partial charge in [-0.15, -0.1) is 0 Å². The van der Waals surface area contributed by atoms with Crippen molar-refractivity contribution in [1.29, 1.82) is 0 Å². The minimum absolute atomic E-state index is 0.0250. The van der Waals surface area contributed by atoms with Crippen molar-refractivity contribution in [2.75, 3.05) is 27.2 Å². The quantitative estimate of drug-likeness (QED) is 0.307. The molecule has 1 amide bonds. The molecule has 1 unspecified atom stereocenters. The first-order valence-electron chi connectivity index (χ1n) is 12.8. The molecule has 0 fully saturated rings. The van der Waals surface area contributed by atoms with E-state index in [0.29, 0.717) is 12.2 Å². The average Bonchev–Trinajstić information content (AvgIpc) is 2.90. The summed E-state index contributed by atoms with van der Waals surface area (Å²) in [5, 5.41) is 3.53. The number of halogens is 2. The molecule has 4 rings (SSSR count). The van der Waals surface area contributed by atoms with E-state index < -0.39 is 16.1 Å². The van der Waals surface area contributed by atoms with Gasteiger partial charge < -0.3 is 15.0 Å². The minimum Gasteiger partial charge on any atom is -0.492 e. The van der Waals surface area contributed by atoms with Gasteiger partial charge in [-0.2, -0.15) is 0 Å². The number of benzene rings is 3. The van der Waals surface area contributed by atoms with E-state index in [9.17, 15) is 13.2 Å². The number of aryl methyl sites for hydroxylation is 1. The van der Waals surface area contributed by atoms with E-state index in [2.05, 4.69) is 21.0 Å². The van der Waals surface area contributed by atoms with Crippen LogP contribution >= 0.6 is 23.2 Å². The van der Waals surface area contributed by atoms with Gasteiger partial charge in [0.2, 0.25) is 15.9 Å². The third-order valence-electron chi connectivity index (χ3n) is 6.66. The van der Waals surface area contributed by atoms with Crippen LogP contribution in [0.15, 0.2) is 71.6 Å². The molecule has 208 valence electrons. The third kappa shape index (κ3) is 7.96. The summed E-state index contributed by atoms with van der Waals surface area (Å²) in [5.74, 6) is 0.577. The fourth-order valence-corrected chi connectivity index (χ4v) is 6.24. The maximum absolute atomic E-state index is 13.3. The van der Waals surface area contributed by atoms with Gasteiger partial charge in [-0.25, -0.2) is 13.1 Å². The van der Waals surface area contributed by atoms with Gasteiger partial charge in [0.15, 0.2) is 0 Å². The lowest BCUT2D eigenvalue weighted by Gasteiger charge is -2.28. The van der Waals surface area contributed by atoms with E-state index in [1.165, 1.54) is 18.2 Å². The van der Waals surface area contributed by atoms with Crippen LogP contribution in [0.3, 0.4) is 0 Å². The summed E-state index contributed by atoms with van der Waals surface area (Å²) in [7, 11) is 0.0259. The highest BCUT2D eigenvalue weighted by Crippen LogP contribution is 2.33. The molecule has 3 aromatic carbocycles. The SMILES string of the molecule is CN(C)CCOc1ccc2c(c1)CCCC2NC(=O)C[C@@H](NS(=O)(=O)c1ccc(Cl)c(Cl)c1)c1ccccc1. The lowest BCUT2D eigenvalue weighted by Crippen LogP contribution is -2.36. The van der Waals surface area contributed by atoms with Crippen molar-refractivity contribution in [2.24, 2.45) is 0 Å². The van der Waals surface area contributed by atoms with E-state index in [1.807, 2.05) is 44.4 Å². The van der Waals surface area contributed by atoms with Crippen LogP contribution < -0.4 is 14.8 Å². The maximum Gasteiger partial charge on any atom is 0.241 e. The number of rotatable bonds is 11. The summed E-state index contributed by atoms with van der Waals surface area (Å²) in [5.41, 5.74) is 2.91. The number of amides is 1. The maximum atomic E-state index is 13.3. The Kier molecular flexibility index (Phi) is 9.91. The van der Waals surface area contributed by atoms with E-state index in [1.54, 1.807) is 12.1 Å². The molecular weight excluding hydrogens is 557 g/mol. The van der Waals surface area contributed by atoms with Crippen LogP contribution in [0.2, 0.25) is 10.0 Å². The monoisotopic (exact) mass is 589 g/mol. The zero-order chi connectivity index (χ0) is 28.0. The Morgan fingerprint density at radius 1 is 1.05 bits per heavy atom. The van der Waals surface area contributed by atoms with Crippen molar-refractivity contribution in [3.05, 3.63) is 93.5 Å². The van der Waals surface area contributed by atoms with Gasteiger partial charge in [0, 0.05) is 13.0 Å². The summed E-state index contributed by atoms with van der Waals surface area (Å²) < 4.78 is 35.0. The number of carbonyl (C=O) groups excluding carboxylic acids is 1. The summed E-state index contributed by atoms with van der Waals surface area (Å²) in [6.45, 7) is 1.43. The first kappa shape index (κ1) is 29.4. The Bertz CT molecular complexity index is 1400. The smallest absolute Gasteiger partial charge is 0.241 e. The zero-order valence-electron chi connectivity index (χ0n) is 22.0. The first-order valence-corrected chi connectivity index (χ1v) is 15.1. The molecule has 1 aliphatic carbocycles. The molecule has 0 spiro atoms. The van der Waals surface area contributed by atoms with Gasteiger partial charge in [0.05, 0.1) is 27.0 Å². The van der Waals surface area contributed by atoms with Crippen molar-refractivity contribution in [2.45, 2.75) is 42.7 Å². The molecule has 3 aromatic rings. The van der Waals surface area contributed by atoms with Crippen LogP contribution in [0.1, 0.15) is 48.0 Å². The Morgan fingerprint density at radius 3 is 2.54 bits per heavy atom. The molecule has 0 heterocycles. The highest BCUT2D eigenvalue weighted by atomic mass is 35.5. The molecule has 0 saturated heterocycles. The Hall–Kier alpha value is -2.62. The fraction of sp³-hybridized carbons (Fsp3) is 0.345. The second kappa shape index (κ2) is 13.2. The molecule has 1 aliphatic rings. The van der Waals surface area contributed by atoms with Crippen LogP contribution in [0.5, 0.6) is 5.75 Å². The van der Waals surface area contributed by atoms with Crippen LogP contribution in [0, 0.1) is 0 Å². The molecule has 0 radical (unpaired) electrons. The number of fused-ring (bicyclic) bond motifs is 1. The molecule has 0 saturated carbocycles. The van der Waals surface area contributed by atoms with Crippen LogP contribution in [0.4, 0.5) is 0 Å². The average molecular weight is 591 g/mol. The number of sulfonamides is 1. The molecule has 0 aromatic heterocycles. The molecular formula is C29H33Cl2N3O4S. The molecule has 10 heteroatoms. The predicted octanol–water partition coefficient (Wildman–Crippen LogP) is 5.54. The van der Waals surface area contributed by atoms with Crippen LogP contribution in [0.25, 0.3) is 0 Å². The van der Waals surface area contributed by atoms with Gasteiger partial charge in [0.1, 0.15) is 12.4 Å². The van der Waals surface area contributed by atoms with Crippen molar-refractivity contribution in [3.8, 4) is 5.75 Å². The van der Waals surface area contributed by atoms with E-state index in [4.69, 9.17) is 27.9 Å². The topological polar surface area (TPSA) is 87.7 Å². The van der Waals surface area contributed by atoms with Gasteiger partial charge in [-0.1, -0.05) is 59.6 Å². The van der Waals surface area contributed by atoms with Gasteiger partial charge >= 0.3 is 0 Å². The molecule has 0 bridgehead atoms. The van der Waals surface area contributed by atoms with E-state index in [-0.39, 0.29) is 33.3 Å². The second-order valence-electron chi connectivity index (χ2n) is 9.89. The number of nitrogens with one attached hydrogen (secondary N) is 2. The van der Waals surface area contributed by atoms with Crippen LogP contribution in [-0.4, -0.2) is 46.5 Å². The Morgan fingerprint density at radius 2 is 1.82 bits per heavy atom. The molecule has 2 N–H and O–H groups in total. The Balaban J connectivity index is 1.48. The predicted molar refractivity (Wildman–Crippen MR) is 155 cm³/mol. The van der Waals surface area contributed by atoms with Gasteiger partial charge in [-0.05, 0) is 80.4 Å². The first-order chi connectivity index (χ1) is 18.6. The number of hydrogen-bond acceptors (Lipinski definition) is 5. The third-order valence-corrected chi connectivity index (χ3v) is 8.87.